The summed E-state index contributed by atoms with van der Waals surface area (Å²) in [5.74, 6) is -2.56. The van der Waals surface area contributed by atoms with Crippen LogP contribution >= 0.6 is 0 Å². The van der Waals surface area contributed by atoms with Crippen LogP contribution in [0, 0.1) is 22.7 Å². The van der Waals surface area contributed by atoms with Crippen LogP contribution < -0.4 is 0 Å². The number of carboxylic acids is 2. The Balaban J connectivity index is 3.03. The van der Waals surface area contributed by atoms with E-state index in [2.05, 4.69) is 13.8 Å². The van der Waals surface area contributed by atoms with E-state index in [0.717, 1.165) is 25.7 Å². The van der Waals surface area contributed by atoms with E-state index < -0.39 is 17.4 Å². The molecule has 0 radical (unpaired) electrons. The normalized spacial score (nSPS) is 24.7. The summed E-state index contributed by atoms with van der Waals surface area (Å²) in [6.45, 7) is 7.83. The van der Waals surface area contributed by atoms with Crippen molar-refractivity contribution in [2.45, 2.75) is 59.8 Å². The van der Waals surface area contributed by atoms with Crippen molar-refractivity contribution >= 4 is 11.9 Å². The highest BCUT2D eigenvalue weighted by atomic mass is 16.4. The van der Waals surface area contributed by atoms with Gasteiger partial charge in [-0.1, -0.05) is 40.5 Å². The highest BCUT2D eigenvalue weighted by Crippen LogP contribution is 2.47. The van der Waals surface area contributed by atoms with Gasteiger partial charge in [0.05, 0.1) is 0 Å². The lowest BCUT2D eigenvalue weighted by Crippen LogP contribution is -2.48. The molecule has 0 bridgehead atoms. The highest BCUT2D eigenvalue weighted by Gasteiger charge is 2.52. The highest BCUT2D eigenvalue weighted by molar-refractivity contribution is 5.98. The van der Waals surface area contributed by atoms with Crippen LogP contribution in [0.3, 0.4) is 0 Å². The molecule has 1 aliphatic rings. The van der Waals surface area contributed by atoms with Gasteiger partial charge in [0.15, 0.2) is 5.41 Å². The fraction of sp³-hybridized carbons (Fsp3) is 0.867. The van der Waals surface area contributed by atoms with Crippen LogP contribution in [0.5, 0.6) is 0 Å². The molecule has 1 unspecified atom stereocenters. The van der Waals surface area contributed by atoms with Gasteiger partial charge < -0.3 is 10.2 Å². The number of carbonyl (C=O) groups is 2. The van der Waals surface area contributed by atoms with Crippen molar-refractivity contribution in [1.82, 2.24) is 0 Å². The van der Waals surface area contributed by atoms with Crippen molar-refractivity contribution in [3.05, 3.63) is 0 Å². The molecule has 0 spiro atoms. The molecule has 4 heteroatoms. The van der Waals surface area contributed by atoms with E-state index in [9.17, 15) is 19.8 Å². The Hall–Kier alpha value is -1.06. The fourth-order valence-electron chi connectivity index (χ4n) is 3.69. The molecule has 0 aliphatic heterocycles. The second-order valence-corrected chi connectivity index (χ2v) is 6.74. The first kappa shape index (κ1) is 16.0. The SMILES string of the molecule is CCC(C(=O)O)(C(=O)O)C(C)[C@@H]1CCCC(C)(C)C1. The third-order valence-electron chi connectivity index (χ3n) is 5.05. The molecule has 0 aromatic heterocycles. The van der Waals surface area contributed by atoms with Gasteiger partial charge in [-0.3, -0.25) is 9.59 Å². The summed E-state index contributed by atoms with van der Waals surface area (Å²) >= 11 is 0. The van der Waals surface area contributed by atoms with Gasteiger partial charge in [-0.15, -0.1) is 0 Å². The summed E-state index contributed by atoms with van der Waals surface area (Å²) in [5, 5.41) is 18.9. The molecule has 0 saturated heterocycles. The Morgan fingerprint density at radius 2 is 1.84 bits per heavy atom. The molecule has 0 aromatic carbocycles. The lowest BCUT2D eigenvalue weighted by molar-refractivity contribution is -0.172. The Labute approximate surface area is 115 Å². The minimum absolute atomic E-state index is 0.135. The van der Waals surface area contributed by atoms with Crippen molar-refractivity contribution in [3.63, 3.8) is 0 Å². The molecule has 0 amide bonds. The molecule has 1 fully saturated rings. The fourth-order valence-corrected chi connectivity index (χ4v) is 3.69. The molecule has 0 heterocycles. The monoisotopic (exact) mass is 270 g/mol. The van der Waals surface area contributed by atoms with Crippen molar-refractivity contribution in [1.29, 1.82) is 0 Å². The third-order valence-corrected chi connectivity index (χ3v) is 5.05. The van der Waals surface area contributed by atoms with Crippen molar-refractivity contribution in [3.8, 4) is 0 Å². The van der Waals surface area contributed by atoms with Crippen LogP contribution in [0.25, 0.3) is 0 Å². The van der Waals surface area contributed by atoms with Crippen molar-refractivity contribution < 1.29 is 19.8 Å². The van der Waals surface area contributed by atoms with E-state index in [4.69, 9.17) is 0 Å². The van der Waals surface area contributed by atoms with E-state index in [1.54, 1.807) is 13.8 Å². The molecule has 0 aromatic rings. The first-order chi connectivity index (χ1) is 8.67. The first-order valence-corrected chi connectivity index (χ1v) is 7.14. The number of carboxylic acid groups (broad SMARTS) is 2. The molecule has 19 heavy (non-hydrogen) atoms. The summed E-state index contributed by atoms with van der Waals surface area (Å²) in [4.78, 5) is 23.1. The average Bonchev–Trinajstić information content (AvgIpc) is 2.28. The molecule has 2 atom stereocenters. The third kappa shape index (κ3) is 2.93. The van der Waals surface area contributed by atoms with Crippen LogP contribution in [0.2, 0.25) is 0 Å². The van der Waals surface area contributed by atoms with E-state index >= 15 is 0 Å². The summed E-state index contributed by atoms with van der Waals surface area (Å²) in [6, 6.07) is 0. The zero-order chi connectivity index (χ0) is 14.8. The summed E-state index contributed by atoms with van der Waals surface area (Å²) < 4.78 is 0. The summed E-state index contributed by atoms with van der Waals surface area (Å²) in [7, 11) is 0. The van der Waals surface area contributed by atoms with Crippen LogP contribution in [-0.4, -0.2) is 22.2 Å². The summed E-state index contributed by atoms with van der Waals surface area (Å²) in [6.07, 6.45) is 4.18. The smallest absolute Gasteiger partial charge is 0.321 e. The molecule has 4 nitrogen and oxygen atoms in total. The molecular weight excluding hydrogens is 244 g/mol. The second-order valence-electron chi connectivity index (χ2n) is 6.74. The largest absolute Gasteiger partial charge is 0.480 e. The predicted octanol–water partition coefficient (Wildman–Crippen LogP) is 3.40. The van der Waals surface area contributed by atoms with Crippen LogP contribution in [0.1, 0.15) is 59.8 Å². The first-order valence-electron chi connectivity index (χ1n) is 7.14. The van der Waals surface area contributed by atoms with Gasteiger partial charge in [-0.2, -0.15) is 0 Å². The topological polar surface area (TPSA) is 74.6 Å². The van der Waals surface area contributed by atoms with Gasteiger partial charge in [0.2, 0.25) is 0 Å². The van der Waals surface area contributed by atoms with Gasteiger partial charge in [0.1, 0.15) is 0 Å². The predicted molar refractivity (Wildman–Crippen MR) is 72.9 cm³/mol. The van der Waals surface area contributed by atoms with Gasteiger partial charge in [-0.25, -0.2) is 0 Å². The van der Waals surface area contributed by atoms with Gasteiger partial charge in [0, 0.05) is 0 Å². The van der Waals surface area contributed by atoms with Gasteiger partial charge >= 0.3 is 11.9 Å². The van der Waals surface area contributed by atoms with Crippen LogP contribution in [-0.2, 0) is 9.59 Å². The molecule has 2 N–H and O–H groups in total. The molecular formula is C15H26O4. The lowest BCUT2D eigenvalue weighted by Gasteiger charge is -2.42. The zero-order valence-corrected chi connectivity index (χ0v) is 12.4. The van der Waals surface area contributed by atoms with Crippen LogP contribution in [0.15, 0.2) is 0 Å². The number of hydrogen-bond acceptors (Lipinski definition) is 2. The minimum atomic E-state index is -1.64. The summed E-state index contributed by atoms with van der Waals surface area (Å²) in [5.41, 5.74) is -1.45. The van der Waals surface area contributed by atoms with Gasteiger partial charge in [0.25, 0.3) is 0 Å². The Kier molecular flexibility index (Phi) is 4.64. The number of hydrogen-bond donors (Lipinski definition) is 2. The molecule has 1 saturated carbocycles. The van der Waals surface area contributed by atoms with E-state index in [-0.39, 0.29) is 23.7 Å². The maximum atomic E-state index is 11.6. The van der Waals surface area contributed by atoms with Gasteiger partial charge in [-0.05, 0) is 36.5 Å². The Morgan fingerprint density at radius 1 is 1.32 bits per heavy atom. The number of rotatable bonds is 5. The molecule has 1 aliphatic carbocycles. The lowest BCUT2D eigenvalue weighted by atomic mass is 9.61. The average molecular weight is 270 g/mol. The van der Waals surface area contributed by atoms with E-state index in [1.165, 1.54) is 0 Å². The quantitative estimate of drug-likeness (QED) is 0.751. The standard InChI is InChI=1S/C15H26O4/c1-5-15(12(16)17,13(18)19)10(2)11-7-6-8-14(3,4)9-11/h10-11H,5-9H2,1-4H3,(H,16,17)(H,18,19)/t10?,11-/m1/s1. The zero-order valence-electron chi connectivity index (χ0n) is 12.4. The number of aliphatic carboxylic acids is 2. The van der Waals surface area contributed by atoms with E-state index in [1.807, 2.05) is 0 Å². The minimum Gasteiger partial charge on any atom is -0.480 e. The van der Waals surface area contributed by atoms with Crippen molar-refractivity contribution in [2.24, 2.45) is 22.7 Å². The maximum absolute atomic E-state index is 11.6. The Bertz CT molecular complexity index is 345. The Morgan fingerprint density at radius 3 is 2.21 bits per heavy atom. The van der Waals surface area contributed by atoms with E-state index in [0.29, 0.717) is 0 Å². The maximum Gasteiger partial charge on any atom is 0.321 e. The second kappa shape index (κ2) is 5.51. The molecule has 110 valence electrons. The van der Waals surface area contributed by atoms with Crippen LogP contribution in [0.4, 0.5) is 0 Å². The van der Waals surface area contributed by atoms with Crippen molar-refractivity contribution in [2.75, 3.05) is 0 Å². The molecule has 1 rings (SSSR count).